The molecule has 66 heavy (non-hydrogen) atoms. The van der Waals surface area contributed by atoms with Crippen LogP contribution in [0.1, 0.15) is 27.4 Å². The fourth-order valence-electron chi connectivity index (χ4n) is 11.7. The maximum atomic E-state index is 15.4. The number of carbonyl (C=O) groups is 1. The zero-order chi connectivity index (χ0) is 43.4. The molecule has 2 aliphatic rings. The van der Waals surface area contributed by atoms with Gasteiger partial charge in [0.1, 0.15) is 0 Å². The number of fused-ring (bicyclic) bond motifs is 16. The number of carbonyl (C=O) groups excluding carboxylic acids is 1. The smallest absolute Gasteiger partial charge is 0.265 e. The zero-order valence-electron chi connectivity index (χ0n) is 35.4. The van der Waals surface area contributed by atoms with Crippen LogP contribution in [0.4, 0.5) is 0 Å². The second-order valence-corrected chi connectivity index (χ2v) is 17.9. The lowest BCUT2D eigenvalue weighted by Crippen LogP contribution is -2.11. The van der Waals surface area contributed by atoms with Crippen LogP contribution in [0.3, 0.4) is 0 Å². The van der Waals surface area contributed by atoms with Crippen molar-refractivity contribution in [2.75, 3.05) is 0 Å². The lowest BCUT2D eigenvalue weighted by Gasteiger charge is -2.14. The summed E-state index contributed by atoms with van der Waals surface area (Å²) in [6.45, 7) is 0. The van der Waals surface area contributed by atoms with Crippen molar-refractivity contribution in [1.29, 1.82) is 0 Å². The maximum Gasteiger partial charge on any atom is 0.265 e. The number of rotatable bonds is 3. The highest BCUT2D eigenvalue weighted by Crippen LogP contribution is 2.53. The molecule has 0 N–H and O–H groups in total. The molecule has 306 valence electrons. The molecule has 9 aromatic carbocycles. The van der Waals surface area contributed by atoms with Gasteiger partial charge in [0, 0.05) is 27.1 Å². The van der Waals surface area contributed by atoms with Crippen LogP contribution in [0.15, 0.2) is 211 Å². The van der Waals surface area contributed by atoms with Gasteiger partial charge in [-0.3, -0.25) is 14.0 Å². The average molecular weight is 842 g/mol. The molecule has 0 amide bonds. The van der Waals surface area contributed by atoms with Gasteiger partial charge in [-0.15, -0.1) is 0 Å². The van der Waals surface area contributed by atoms with Crippen LogP contribution in [0.25, 0.3) is 116 Å². The van der Waals surface area contributed by atoms with E-state index in [2.05, 4.69) is 185 Å². The molecule has 1 aliphatic carbocycles. The molecule has 15 rings (SSSR count). The van der Waals surface area contributed by atoms with Crippen LogP contribution in [0.2, 0.25) is 0 Å². The first-order valence-electron chi connectivity index (χ1n) is 22.5. The monoisotopic (exact) mass is 841 g/mol. The summed E-state index contributed by atoms with van der Waals surface area (Å²) < 4.78 is 6.48. The molecule has 0 bridgehead atoms. The Morgan fingerprint density at radius 3 is 1.89 bits per heavy atom. The van der Waals surface area contributed by atoms with E-state index in [9.17, 15) is 4.79 Å². The summed E-state index contributed by atoms with van der Waals surface area (Å²) in [6.07, 6.45) is 0. The molecule has 0 spiro atoms. The molecule has 5 heteroatoms. The molecule has 0 saturated heterocycles. The summed E-state index contributed by atoms with van der Waals surface area (Å²) in [5.41, 5.74) is 19.3. The molecule has 1 aliphatic heterocycles. The standard InChI is InChI=1S/C61H35N3O2/c65-60-49-32-40(31-48-46-30-38(35-12-2-1-3-13-35)28-29-53(46)63(59(48)49)54-23-11-19-43-42-15-5-6-16-44(42)58(60)57(43)54)36-24-26-37(27-25-36)41-18-10-22-52-47(41)34-56-55-33-39-14-4-8-20-50(39)62(55)51-21-9-7-17-45(51)61(66)64(52)56/h1-34,58H. The van der Waals surface area contributed by atoms with E-state index >= 15 is 4.79 Å². The number of aromatic nitrogens is 3. The van der Waals surface area contributed by atoms with Gasteiger partial charge in [-0.25, -0.2) is 0 Å². The van der Waals surface area contributed by atoms with Gasteiger partial charge in [-0.1, -0.05) is 140 Å². The predicted octanol–water partition coefficient (Wildman–Crippen LogP) is 14.4. The SMILES string of the molecule is O=C1c2cc(-c3ccc(-c4cccc5c4cc4c6cc7ccccc7n6c6ccccc6c(=O)n54)cc3)cc3c4cc(-c5ccccc5)ccc4n(c23)-c2cccc3c2C1c1ccccc1-3. The van der Waals surface area contributed by atoms with Gasteiger partial charge in [0.15, 0.2) is 5.78 Å². The van der Waals surface area contributed by atoms with Crippen molar-refractivity contribution in [3.05, 3.63) is 233 Å². The van der Waals surface area contributed by atoms with Crippen LogP contribution >= 0.6 is 0 Å². The van der Waals surface area contributed by atoms with Crippen molar-refractivity contribution < 1.29 is 4.79 Å². The van der Waals surface area contributed by atoms with Crippen LogP contribution in [0, 0.1) is 0 Å². The first-order chi connectivity index (χ1) is 32.6. The first-order valence-corrected chi connectivity index (χ1v) is 22.5. The van der Waals surface area contributed by atoms with E-state index in [1.807, 2.05) is 34.7 Å². The highest BCUT2D eigenvalue weighted by Gasteiger charge is 2.40. The van der Waals surface area contributed by atoms with E-state index in [0.717, 1.165) is 127 Å². The van der Waals surface area contributed by atoms with Crippen molar-refractivity contribution in [1.82, 2.24) is 13.4 Å². The molecule has 0 fully saturated rings. The summed E-state index contributed by atoms with van der Waals surface area (Å²) in [5.74, 6) is -0.273. The van der Waals surface area contributed by atoms with E-state index in [4.69, 9.17) is 0 Å². The Labute approximate surface area is 377 Å². The molecule has 1 atom stereocenters. The second-order valence-electron chi connectivity index (χ2n) is 17.9. The maximum absolute atomic E-state index is 15.4. The molecule has 0 radical (unpaired) electrons. The summed E-state index contributed by atoms with van der Waals surface area (Å²) >= 11 is 0. The molecular formula is C61H35N3O2. The molecule has 5 heterocycles. The van der Waals surface area contributed by atoms with Gasteiger partial charge < -0.3 is 8.97 Å². The summed E-state index contributed by atoms with van der Waals surface area (Å²) in [7, 11) is 0. The van der Waals surface area contributed by atoms with Crippen molar-refractivity contribution in [3.63, 3.8) is 0 Å². The van der Waals surface area contributed by atoms with Crippen LogP contribution in [0.5, 0.6) is 0 Å². The summed E-state index contributed by atoms with van der Waals surface area (Å²) in [4.78, 5) is 30.0. The van der Waals surface area contributed by atoms with Crippen molar-refractivity contribution in [3.8, 4) is 50.2 Å². The Morgan fingerprint density at radius 1 is 0.348 bits per heavy atom. The number of para-hydroxylation sites is 2. The van der Waals surface area contributed by atoms with Crippen LogP contribution in [-0.2, 0) is 0 Å². The van der Waals surface area contributed by atoms with E-state index in [0.29, 0.717) is 5.39 Å². The Kier molecular flexibility index (Phi) is 6.97. The van der Waals surface area contributed by atoms with E-state index in [-0.39, 0.29) is 11.3 Å². The van der Waals surface area contributed by atoms with Crippen LogP contribution in [-0.4, -0.2) is 19.2 Å². The number of ketones is 1. The Morgan fingerprint density at radius 2 is 1.00 bits per heavy atom. The minimum Gasteiger partial charge on any atom is -0.308 e. The second kappa shape index (κ2) is 12.9. The Bertz CT molecular complexity index is 4380. The van der Waals surface area contributed by atoms with Crippen molar-refractivity contribution in [2.45, 2.75) is 5.92 Å². The van der Waals surface area contributed by atoms with Gasteiger partial charge in [0.2, 0.25) is 0 Å². The third-order valence-corrected chi connectivity index (χ3v) is 14.6. The van der Waals surface area contributed by atoms with Crippen LogP contribution < -0.4 is 5.56 Å². The number of Topliss-reactive ketones (excluding diaryl/α,β-unsaturated/α-hetero) is 1. The number of hydrogen-bond acceptors (Lipinski definition) is 2. The summed E-state index contributed by atoms with van der Waals surface area (Å²) in [5, 5.41) is 4.97. The molecule has 5 nitrogen and oxygen atoms in total. The van der Waals surface area contributed by atoms with Gasteiger partial charge in [0.05, 0.1) is 55.6 Å². The molecular weight excluding hydrogens is 807 g/mol. The number of nitrogens with zero attached hydrogens (tertiary/aromatic N) is 3. The van der Waals surface area contributed by atoms with Gasteiger partial charge in [-0.05, 0) is 122 Å². The zero-order valence-corrected chi connectivity index (χ0v) is 35.4. The van der Waals surface area contributed by atoms with Gasteiger partial charge in [0.25, 0.3) is 5.56 Å². The van der Waals surface area contributed by atoms with Gasteiger partial charge >= 0.3 is 0 Å². The predicted molar refractivity (Wildman–Crippen MR) is 269 cm³/mol. The normalized spacial score (nSPS) is 14.0. The van der Waals surface area contributed by atoms with E-state index < -0.39 is 5.92 Å². The third kappa shape index (κ3) is 4.63. The quantitative estimate of drug-likeness (QED) is 0.178. The topological polar surface area (TPSA) is 47.9 Å². The third-order valence-electron chi connectivity index (χ3n) is 14.6. The Hall–Kier alpha value is -8.80. The Balaban J connectivity index is 0.939. The molecule has 1 unspecified atom stereocenters. The molecule has 13 aromatic rings. The highest BCUT2D eigenvalue weighted by molar-refractivity contribution is 6.23. The number of benzene rings is 9. The average Bonchev–Trinajstić information content (AvgIpc) is 4.11. The first kappa shape index (κ1) is 35.6. The van der Waals surface area contributed by atoms with Crippen molar-refractivity contribution >= 4 is 71.3 Å². The highest BCUT2D eigenvalue weighted by atomic mass is 16.1. The lowest BCUT2D eigenvalue weighted by atomic mass is 9.87. The largest absolute Gasteiger partial charge is 0.308 e. The van der Waals surface area contributed by atoms with Gasteiger partial charge in [-0.2, -0.15) is 0 Å². The van der Waals surface area contributed by atoms with Crippen molar-refractivity contribution in [2.24, 2.45) is 0 Å². The minimum absolute atomic E-state index is 0.0433. The summed E-state index contributed by atoms with van der Waals surface area (Å²) in [6, 6.07) is 72.2. The van der Waals surface area contributed by atoms with E-state index in [1.54, 1.807) is 0 Å². The van der Waals surface area contributed by atoms with E-state index in [1.165, 1.54) is 0 Å². The molecule has 4 aromatic heterocycles. The minimum atomic E-state index is -0.397. The fraction of sp³-hybridized carbons (Fsp3) is 0.0164. The number of hydrogen-bond donors (Lipinski definition) is 0. The fourth-order valence-corrected chi connectivity index (χ4v) is 11.7. The lowest BCUT2D eigenvalue weighted by molar-refractivity contribution is 0.0977. The molecule has 0 saturated carbocycles.